The van der Waals surface area contributed by atoms with Crippen LogP contribution in [-0.2, 0) is 14.3 Å². The highest BCUT2D eigenvalue weighted by molar-refractivity contribution is 6.53. The van der Waals surface area contributed by atoms with Gasteiger partial charge in [0.15, 0.2) is 0 Å². The highest BCUT2D eigenvalue weighted by Gasteiger charge is 2.40. The monoisotopic (exact) mass is 518 g/mol. The molecule has 0 aliphatic carbocycles. The molecule has 0 radical (unpaired) electrons. The number of carbonyl (C=O) groups excluding carboxylic acids is 4. The number of rotatable bonds is 7. The number of halogens is 1. The Kier molecular flexibility index (Phi) is 7.40. The second kappa shape index (κ2) is 10.7. The van der Waals surface area contributed by atoms with E-state index in [2.05, 4.69) is 5.32 Å². The maximum absolute atomic E-state index is 13.2. The molecule has 1 N–H and O–H groups in total. The topological polar surface area (TPSA) is 102 Å². The maximum Gasteiger partial charge on any atom is 0.343 e. The van der Waals surface area contributed by atoms with Crippen LogP contribution in [0.3, 0.4) is 0 Å². The van der Waals surface area contributed by atoms with E-state index in [0.717, 1.165) is 16.0 Å². The molecule has 0 saturated carbocycles. The van der Waals surface area contributed by atoms with Gasteiger partial charge in [0.1, 0.15) is 16.5 Å². The molecule has 2 amide bonds. The van der Waals surface area contributed by atoms with Crippen molar-refractivity contribution in [1.29, 1.82) is 0 Å². The summed E-state index contributed by atoms with van der Waals surface area (Å²) < 4.78 is 10.6. The molecule has 3 aromatic carbocycles. The van der Waals surface area contributed by atoms with Crippen molar-refractivity contribution in [3.8, 4) is 5.75 Å². The molecule has 1 aliphatic heterocycles. The number of para-hydroxylation sites is 1. The molecule has 0 spiro atoms. The van der Waals surface area contributed by atoms with Gasteiger partial charge in [-0.1, -0.05) is 35.9 Å². The van der Waals surface area contributed by atoms with E-state index >= 15 is 0 Å². The maximum atomic E-state index is 13.2. The third-order valence-corrected chi connectivity index (χ3v) is 6.17. The van der Waals surface area contributed by atoms with Gasteiger partial charge in [0, 0.05) is 5.69 Å². The van der Waals surface area contributed by atoms with E-state index in [1.165, 1.54) is 24.3 Å². The van der Waals surface area contributed by atoms with Gasteiger partial charge in [0.2, 0.25) is 0 Å². The number of imide groups is 1. The predicted molar refractivity (Wildman–Crippen MR) is 139 cm³/mol. The summed E-state index contributed by atoms with van der Waals surface area (Å²) in [5, 5.41) is 2.51. The van der Waals surface area contributed by atoms with Crippen LogP contribution in [0.15, 0.2) is 77.5 Å². The number of nitrogens with one attached hydrogen (secondary N) is 1. The quantitative estimate of drug-likeness (QED) is 0.262. The third kappa shape index (κ3) is 5.10. The Morgan fingerprint density at radius 3 is 2.30 bits per heavy atom. The van der Waals surface area contributed by atoms with E-state index in [-0.39, 0.29) is 28.6 Å². The summed E-state index contributed by atoms with van der Waals surface area (Å²) in [7, 11) is 0. The molecule has 0 atom stereocenters. The van der Waals surface area contributed by atoms with Gasteiger partial charge in [-0.15, -0.1) is 0 Å². The minimum Gasteiger partial charge on any atom is -0.462 e. The first-order valence-electron chi connectivity index (χ1n) is 11.4. The van der Waals surface area contributed by atoms with Crippen molar-refractivity contribution in [1.82, 2.24) is 0 Å². The Hall–Kier alpha value is -4.43. The van der Waals surface area contributed by atoms with E-state index in [0.29, 0.717) is 17.0 Å². The summed E-state index contributed by atoms with van der Waals surface area (Å²) in [5.74, 6) is -2.24. The summed E-state index contributed by atoms with van der Waals surface area (Å²) in [5.41, 5.74) is 2.55. The van der Waals surface area contributed by atoms with Gasteiger partial charge in [-0.3, -0.25) is 9.59 Å². The SMILES string of the molecule is CCOC(=O)c1ccccc1N1C(=O)C(Cl)=C(Nc2ccc(C(=O)Oc3cccc(C)c3C)cc2)C1=O. The molecule has 0 bridgehead atoms. The number of esters is 2. The molecule has 3 aromatic rings. The van der Waals surface area contributed by atoms with Crippen LogP contribution in [0.4, 0.5) is 11.4 Å². The first-order chi connectivity index (χ1) is 17.7. The lowest BCUT2D eigenvalue weighted by Crippen LogP contribution is -2.33. The summed E-state index contributed by atoms with van der Waals surface area (Å²) >= 11 is 6.23. The number of amides is 2. The normalized spacial score (nSPS) is 13.1. The minimum absolute atomic E-state index is 0.0588. The van der Waals surface area contributed by atoms with Gasteiger partial charge in [-0.05, 0) is 74.4 Å². The highest BCUT2D eigenvalue weighted by atomic mass is 35.5. The summed E-state index contributed by atoms with van der Waals surface area (Å²) in [4.78, 5) is 51.8. The molecular weight excluding hydrogens is 496 g/mol. The molecule has 9 heteroatoms. The van der Waals surface area contributed by atoms with Gasteiger partial charge in [-0.25, -0.2) is 14.5 Å². The average molecular weight is 519 g/mol. The molecular formula is C28H23ClN2O6. The number of carbonyl (C=O) groups is 4. The van der Waals surface area contributed by atoms with Gasteiger partial charge in [0.25, 0.3) is 11.8 Å². The van der Waals surface area contributed by atoms with Crippen LogP contribution in [0, 0.1) is 13.8 Å². The fourth-order valence-electron chi connectivity index (χ4n) is 3.71. The lowest BCUT2D eigenvalue weighted by Gasteiger charge is -2.18. The van der Waals surface area contributed by atoms with Crippen LogP contribution in [0.2, 0.25) is 0 Å². The first-order valence-corrected chi connectivity index (χ1v) is 11.8. The Labute approximate surface area is 218 Å². The lowest BCUT2D eigenvalue weighted by atomic mass is 10.1. The van der Waals surface area contributed by atoms with Crippen LogP contribution < -0.4 is 15.0 Å². The lowest BCUT2D eigenvalue weighted by molar-refractivity contribution is -0.120. The average Bonchev–Trinajstić information content (AvgIpc) is 3.10. The zero-order chi connectivity index (χ0) is 26.7. The Morgan fingerprint density at radius 2 is 1.59 bits per heavy atom. The summed E-state index contributed by atoms with van der Waals surface area (Å²) in [6.45, 7) is 5.59. The first kappa shape index (κ1) is 25.7. The van der Waals surface area contributed by atoms with Crippen molar-refractivity contribution >= 4 is 46.7 Å². The van der Waals surface area contributed by atoms with E-state index in [9.17, 15) is 19.2 Å². The second-order valence-electron chi connectivity index (χ2n) is 8.16. The predicted octanol–water partition coefficient (Wildman–Crippen LogP) is 5.14. The number of aryl methyl sites for hydroxylation is 1. The van der Waals surface area contributed by atoms with Crippen LogP contribution in [0.25, 0.3) is 0 Å². The smallest absolute Gasteiger partial charge is 0.343 e. The van der Waals surface area contributed by atoms with Gasteiger partial charge in [0.05, 0.1) is 23.4 Å². The molecule has 188 valence electrons. The molecule has 0 unspecified atom stereocenters. The minimum atomic E-state index is -0.778. The number of nitrogens with zero attached hydrogens (tertiary/aromatic N) is 1. The molecule has 0 saturated heterocycles. The molecule has 4 rings (SSSR count). The van der Waals surface area contributed by atoms with Crippen molar-refractivity contribution in [2.75, 3.05) is 16.8 Å². The molecule has 1 heterocycles. The zero-order valence-corrected chi connectivity index (χ0v) is 21.1. The van der Waals surface area contributed by atoms with Crippen LogP contribution in [0.5, 0.6) is 5.75 Å². The Morgan fingerprint density at radius 1 is 0.892 bits per heavy atom. The molecule has 0 aromatic heterocycles. The molecule has 8 nitrogen and oxygen atoms in total. The zero-order valence-electron chi connectivity index (χ0n) is 20.3. The number of hydrogen-bond acceptors (Lipinski definition) is 7. The van der Waals surface area contributed by atoms with Crippen molar-refractivity contribution in [3.05, 3.63) is 99.7 Å². The van der Waals surface area contributed by atoms with Gasteiger partial charge in [-0.2, -0.15) is 0 Å². The van der Waals surface area contributed by atoms with Gasteiger partial charge < -0.3 is 14.8 Å². The number of anilines is 2. The van der Waals surface area contributed by atoms with Crippen molar-refractivity contribution in [2.24, 2.45) is 0 Å². The number of benzene rings is 3. The van der Waals surface area contributed by atoms with Crippen molar-refractivity contribution in [3.63, 3.8) is 0 Å². The van der Waals surface area contributed by atoms with Crippen LogP contribution in [0.1, 0.15) is 38.8 Å². The van der Waals surface area contributed by atoms with Crippen LogP contribution >= 0.6 is 11.6 Å². The van der Waals surface area contributed by atoms with E-state index < -0.39 is 23.8 Å². The van der Waals surface area contributed by atoms with Crippen LogP contribution in [-0.4, -0.2) is 30.4 Å². The fourth-order valence-corrected chi connectivity index (χ4v) is 3.92. The Balaban J connectivity index is 1.52. The molecule has 1 aliphatic rings. The van der Waals surface area contributed by atoms with E-state index in [1.54, 1.807) is 37.3 Å². The number of hydrogen-bond donors (Lipinski definition) is 1. The van der Waals surface area contributed by atoms with E-state index in [4.69, 9.17) is 21.1 Å². The largest absolute Gasteiger partial charge is 0.462 e. The molecule has 37 heavy (non-hydrogen) atoms. The molecule has 0 fully saturated rings. The summed E-state index contributed by atoms with van der Waals surface area (Å²) in [6.07, 6.45) is 0. The Bertz CT molecular complexity index is 1450. The second-order valence-corrected chi connectivity index (χ2v) is 8.54. The van der Waals surface area contributed by atoms with Crippen molar-refractivity contribution < 1.29 is 28.7 Å². The standard InChI is InChI=1S/C28H23ClN2O6/c1-4-36-28(35)20-9-5-6-10-21(20)31-25(32)23(29)24(26(31)33)30-19-14-12-18(13-15-19)27(34)37-22-11-7-8-16(2)17(22)3/h5-15,30H,4H2,1-3H3. The van der Waals surface area contributed by atoms with E-state index in [1.807, 2.05) is 26.0 Å². The highest BCUT2D eigenvalue weighted by Crippen LogP contribution is 2.32. The summed E-state index contributed by atoms with van der Waals surface area (Å²) in [6, 6.07) is 17.7. The fraction of sp³-hybridized carbons (Fsp3) is 0.143. The van der Waals surface area contributed by atoms with Gasteiger partial charge >= 0.3 is 11.9 Å². The van der Waals surface area contributed by atoms with Crippen molar-refractivity contribution in [2.45, 2.75) is 20.8 Å². The number of ether oxygens (including phenoxy) is 2. The third-order valence-electron chi connectivity index (χ3n) is 5.82.